The lowest BCUT2D eigenvalue weighted by Gasteiger charge is -2.16. The van der Waals surface area contributed by atoms with Gasteiger partial charge in [0.25, 0.3) is 0 Å². The lowest BCUT2D eigenvalue weighted by Crippen LogP contribution is -2.29. The Kier molecular flexibility index (Phi) is 5.71. The first kappa shape index (κ1) is 16.7. The van der Waals surface area contributed by atoms with E-state index in [1.807, 2.05) is 0 Å². The number of hydrogen-bond donors (Lipinski definition) is 1. The van der Waals surface area contributed by atoms with Gasteiger partial charge in [0, 0.05) is 13.6 Å². The second-order valence-corrected chi connectivity index (χ2v) is 7.26. The Hall–Kier alpha value is -1.40. The first-order chi connectivity index (χ1) is 9.23. The third kappa shape index (κ3) is 4.61. The predicted molar refractivity (Wildman–Crippen MR) is 77.1 cm³/mol. The summed E-state index contributed by atoms with van der Waals surface area (Å²) in [5, 5.41) is 8.60. The van der Waals surface area contributed by atoms with Crippen LogP contribution >= 0.6 is 0 Å². The highest BCUT2D eigenvalue weighted by molar-refractivity contribution is 7.89. The van der Waals surface area contributed by atoms with Gasteiger partial charge in [-0.3, -0.25) is 4.79 Å². The summed E-state index contributed by atoms with van der Waals surface area (Å²) in [6.07, 6.45) is 0.691. The Morgan fingerprint density at radius 1 is 1.25 bits per heavy atom. The van der Waals surface area contributed by atoms with Gasteiger partial charge in [-0.25, -0.2) is 12.7 Å². The zero-order chi connectivity index (χ0) is 15.3. The van der Waals surface area contributed by atoms with Gasteiger partial charge < -0.3 is 5.11 Å². The molecule has 0 spiro atoms. The van der Waals surface area contributed by atoms with Crippen molar-refractivity contribution in [3.05, 3.63) is 29.8 Å². The molecule has 0 fully saturated rings. The summed E-state index contributed by atoms with van der Waals surface area (Å²) in [5.41, 5.74) is 1.09. The normalized spacial score (nSPS) is 12.1. The summed E-state index contributed by atoms with van der Waals surface area (Å²) >= 11 is 0. The molecule has 1 aromatic rings. The maximum absolute atomic E-state index is 12.2. The van der Waals surface area contributed by atoms with E-state index in [0.29, 0.717) is 5.92 Å². The lowest BCUT2D eigenvalue weighted by molar-refractivity contribution is -0.137. The summed E-state index contributed by atoms with van der Waals surface area (Å²) in [6, 6.07) is 6.75. The third-order valence-electron chi connectivity index (χ3n) is 2.92. The molecule has 0 amide bonds. The Balaban J connectivity index is 2.84. The van der Waals surface area contributed by atoms with Crippen molar-refractivity contribution in [1.29, 1.82) is 0 Å². The lowest BCUT2D eigenvalue weighted by atomic mass is 10.0. The summed E-state index contributed by atoms with van der Waals surface area (Å²) in [7, 11) is -2.22. The van der Waals surface area contributed by atoms with E-state index in [-0.39, 0.29) is 17.9 Å². The van der Waals surface area contributed by atoms with Crippen LogP contribution in [0.2, 0.25) is 0 Å². The fraction of sp³-hybridized carbons (Fsp3) is 0.500. The highest BCUT2D eigenvalue weighted by Gasteiger charge is 2.21. The van der Waals surface area contributed by atoms with E-state index in [1.165, 1.54) is 7.05 Å². The Bertz CT molecular complexity index is 549. The first-order valence-corrected chi connectivity index (χ1v) is 7.94. The zero-order valence-electron chi connectivity index (χ0n) is 12.0. The Labute approximate surface area is 120 Å². The average Bonchev–Trinajstić information content (AvgIpc) is 2.35. The fourth-order valence-corrected chi connectivity index (χ4v) is 2.99. The molecule has 0 bridgehead atoms. The second-order valence-electron chi connectivity index (χ2n) is 5.21. The molecule has 5 nitrogen and oxygen atoms in total. The predicted octanol–water partition coefficient (Wildman–Crippen LogP) is 1.98. The minimum atomic E-state index is -3.61. The molecule has 1 N–H and O–H groups in total. The van der Waals surface area contributed by atoms with Gasteiger partial charge >= 0.3 is 5.97 Å². The summed E-state index contributed by atoms with van der Waals surface area (Å²) < 4.78 is 25.5. The number of rotatable bonds is 7. The Morgan fingerprint density at radius 2 is 1.80 bits per heavy atom. The number of aliphatic carboxylic acids is 1. The summed E-state index contributed by atoms with van der Waals surface area (Å²) in [5.74, 6) is -0.505. The standard InChI is InChI=1S/C14H21NO4S/c1-11(2)10-12-4-6-13(7-5-12)20(18,19)15(3)9-8-14(16)17/h4-7,11H,8-10H2,1-3H3,(H,16,17). The first-order valence-electron chi connectivity index (χ1n) is 6.50. The molecule has 0 radical (unpaired) electrons. The summed E-state index contributed by atoms with van der Waals surface area (Å²) in [4.78, 5) is 10.7. The zero-order valence-corrected chi connectivity index (χ0v) is 12.9. The van der Waals surface area contributed by atoms with Gasteiger partial charge in [-0.2, -0.15) is 0 Å². The molecular weight excluding hydrogens is 278 g/mol. The molecule has 0 aromatic heterocycles. The summed E-state index contributed by atoms with van der Waals surface area (Å²) in [6.45, 7) is 4.17. The van der Waals surface area contributed by atoms with Crippen LogP contribution in [0, 0.1) is 5.92 Å². The molecule has 0 aliphatic carbocycles. The van der Waals surface area contributed by atoms with E-state index < -0.39 is 16.0 Å². The van der Waals surface area contributed by atoms with Crippen LogP contribution in [0.4, 0.5) is 0 Å². The minimum Gasteiger partial charge on any atom is -0.481 e. The van der Waals surface area contributed by atoms with E-state index in [4.69, 9.17) is 5.11 Å². The fourth-order valence-electron chi connectivity index (χ4n) is 1.82. The highest BCUT2D eigenvalue weighted by Crippen LogP contribution is 2.17. The maximum Gasteiger partial charge on any atom is 0.304 e. The molecule has 112 valence electrons. The van der Waals surface area contributed by atoms with Crippen molar-refractivity contribution in [2.45, 2.75) is 31.6 Å². The van der Waals surface area contributed by atoms with E-state index >= 15 is 0 Å². The monoisotopic (exact) mass is 299 g/mol. The molecule has 6 heteroatoms. The number of benzene rings is 1. The van der Waals surface area contributed by atoms with Crippen molar-refractivity contribution in [2.24, 2.45) is 5.92 Å². The number of nitrogens with zero attached hydrogens (tertiary/aromatic N) is 1. The largest absolute Gasteiger partial charge is 0.481 e. The molecule has 0 unspecified atom stereocenters. The van der Waals surface area contributed by atoms with E-state index in [2.05, 4.69) is 13.8 Å². The number of carboxylic acids is 1. The smallest absolute Gasteiger partial charge is 0.304 e. The van der Waals surface area contributed by atoms with Crippen LogP contribution in [0.25, 0.3) is 0 Å². The molecule has 20 heavy (non-hydrogen) atoms. The van der Waals surface area contributed by atoms with Gasteiger partial charge in [0.2, 0.25) is 10.0 Å². The van der Waals surface area contributed by atoms with Crippen LogP contribution in [-0.4, -0.2) is 37.4 Å². The molecule has 1 aromatic carbocycles. The van der Waals surface area contributed by atoms with Crippen molar-refractivity contribution in [2.75, 3.05) is 13.6 Å². The number of hydrogen-bond acceptors (Lipinski definition) is 3. The number of sulfonamides is 1. The minimum absolute atomic E-state index is 0.0363. The van der Waals surface area contributed by atoms with Gasteiger partial charge in [0.1, 0.15) is 0 Å². The van der Waals surface area contributed by atoms with Gasteiger partial charge in [-0.1, -0.05) is 26.0 Å². The SMILES string of the molecule is CC(C)Cc1ccc(S(=O)(=O)N(C)CCC(=O)O)cc1. The van der Waals surface area contributed by atoms with Crippen LogP contribution in [0.3, 0.4) is 0 Å². The Morgan fingerprint density at radius 3 is 2.25 bits per heavy atom. The van der Waals surface area contributed by atoms with Crippen LogP contribution in [0.15, 0.2) is 29.2 Å². The van der Waals surface area contributed by atoms with Crippen molar-refractivity contribution in [3.8, 4) is 0 Å². The van der Waals surface area contributed by atoms with E-state index in [1.54, 1.807) is 24.3 Å². The van der Waals surface area contributed by atoms with Gasteiger partial charge in [-0.05, 0) is 30.0 Å². The van der Waals surface area contributed by atoms with Crippen LogP contribution in [0.5, 0.6) is 0 Å². The maximum atomic E-state index is 12.2. The van der Waals surface area contributed by atoms with E-state index in [9.17, 15) is 13.2 Å². The van der Waals surface area contributed by atoms with Crippen LogP contribution in [0.1, 0.15) is 25.8 Å². The molecular formula is C14H21NO4S. The molecule has 0 saturated heterocycles. The molecule has 0 heterocycles. The molecule has 0 aliphatic rings. The van der Waals surface area contributed by atoms with Crippen LogP contribution < -0.4 is 0 Å². The third-order valence-corrected chi connectivity index (χ3v) is 4.79. The van der Waals surface area contributed by atoms with Crippen molar-refractivity contribution < 1.29 is 18.3 Å². The average molecular weight is 299 g/mol. The molecule has 1 rings (SSSR count). The highest BCUT2D eigenvalue weighted by atomic mass is 32.2. The quantitative estimate of drug-likeness (QED) is 0.835. The van der Waals surface area contributed by atoms with Gasteiger partial charge in [0.05, 0.1) is 11.3 Å². The number of carboxylic acid groups (broad SMARTS) is 1. The van der Waals surface area contributed by atoms with Gasteiger partial charge in [-0.15, -0.1) is 0 Å². The van der Waals surface area contributed by atoms with E-state index in [0.717, 1.165) is 16.3 Å². The molecule has 0 aliphatic heterocycles. The van der Waals surface area contributed by atoms with Crippen molar-refractivity contribution in [3.63, 3.8) is 0 Å². The molecule has 0 atom stereocenters. The second kappa shape index (κ2) is 6.85. The van der Waals surface area contributed by atoms with Crippen molar-refractivity contribution in [1.82, 2.24) is 4.31 Å². The van der Waals surface area contributed by atoms with Crippen molar-refractivity contribution >= 4 is 16.0 Å². The topological polar surface area (TPSA) is 74.7 Å². The molecule has 0 saturated carbocycles. The van der Waals surface area contributed by atoms with Crippen LogP contribution in [-0.2, 0) is 21.2 Å². The van der Waals surface area contributed by atoms with Gasteiger partial charge in [0.15, 0.2) is 0 Å². The number of carbonyl (C=O) groups is 1.